The van der Waals surface area contributed by atoms with Crippen LogP contribution in [0.25, 0.3) is 22.2 Å². The van der Waals surface area contributed by atoms with E-state index in [-0.39, 0.29) is 34.4 Å². The van der Waals surface area contributed by atoms with Gasteiger partial charge < -0.3 is 9.30 Å². The molecule has 0 spiro atoms. The zero-order valence-electron chi connectivity index (χ0n) is 20.8. The summed E-state index contributed by atoms with van der Waals surface area (Å²) in [5, 5.41) is 4.74. The number of halogens is 4. The lowest BCUT2D eigenvalue weighted by atomic mass is 9.92. The minimum Gasteiger partial charge on any atom is -0.373 e. The number of aryl methyl sites for hydroxylation is 1. The molecule has 0 amide bonds. The lowest BCUT2D eigenvalue weighted by Crippen LogP contribution is -2.23. The molecule has 1 aliphatic carbocycles. The first-order valence-electron chi connectivity index (χ1n) is 12.5. The molecule has 198 valence electrons. The zero-order valence-corrected chi connectivity index (χ0v) is 20.8. The van der Waals surface area contributed by atoms with Gasteiger partial charge in [-0.25, -0.2) is 14.4 Å². The van der Waals surface area contributed by atoms with Crippen LogP contribution in [0.5, 0.6) is 0 Å². The third kappa shape index (κ3) is 4.38. The lowest BCUT2D eigenvalue weighted by molar-refractivity contribution is -0.137. The predicted octanol–water partition coefficient (Wildman–Crippen LogP) is 5.63. The number of aromatic nitrogens is 5. The van der Waals surface area contributed by atoms with Crippen LogP contribution < -0.4 is 5.56 Å². The SMILES string of the molecule is Cc1cc2c(-c3ccc(C(F)(F)F)cc3F)nc(C3CCOC(c4cnn(C5CC5)c4)C3)nc2c(=O)n1C. The van der Waals surface area contributed by atoms with Crippen LogP contribution in [0.15, 0.2) is 41.5 Å². The highest BCUT2D eigenvalue weighted by Gasteiger charge is 2.33. The van der Waals surface area contributed by atoms with Crippen molar-refractivity contribution in [3.05, 3.63) is 75.5 Å². The number of benzene rings is 1. The van der Waals surface area contributed by atoms with E-state index in [1.54, 1.807) is 26.2 Å². The third-order valence-corrected chi connectivity index (χ3v) is 7.47. The molecule has 2 fully saturated rings. The molecule has 2 atom stereocenters. The van der Waals surface area contributed by atoms with Gasteiger partial charge >= 0.3 is 6.18 Å². The Morgan fingerprint density at radius 2 is 1.89 bits per heavy atom. The quantitative estimate of drug-likeness (QED) is 0.322. The molecule has 1 saturated carbocycles. The van der Waals surface area contributed by atoms with E-state index in [1.165, 1.54) is 4.57 Å². The number of nitrogens with zero attached hydrogens (tertiary/aromatic N) is 5. The highest BCUT2D eigenvalue weighted by Crippen LogP contribution is 2.40. The van der Waals surface area contributed by atoms with Crippen molar-refractivity contribution >= 4 is 10.9 Å². The van der Waals surface area contributed by atoms with Crippen molar-refractivity contribution < 1.29 is 22.3 Å². The molecule has 4 heterocycles. The van der Waals surface area contributed by atoms with Crippen LogP contribution in [-0.4, -0.2) is 30.9 Å². The van der Waals surface area contributed by atoms with Crippen LogP contribution >= 0.6 is 0 Å². The highest BCUT2D eigenvalue weighted by atomic mass is 19.4. The fraction of sp³-hybridized carbons (Fsp3) is 0.407. The smallest absolute Gasteiger partial charge is 0.373 e. The van der Waals surface area contributed by atoms with Gasteiger partial charge in [-0.3, -0.25) is 9.48 Å². The van der Waals surface area contributed by atoms with Crippen molar-refractivity contribution in [3.63, 3.8) is 0 Å². The van der Waals surface area contributed by atoms with E-state index in [0.29, 0.717) is 48.5 Å². The molecule has 4 aromatic rings. The first-order chi connectivity index (χ1) is 18.1. The second-order valence-corrected chi connectivity index (χ2v) is 10.1. The van der Waals surface area contributed by atoms with Gasteiger partial charge in [0.15, 0.2) is 0 Å². The van der Waals surface area contributed by atoms with Crippen LogP contribution in [0.4, 0.5) is 17.6 Å². The molecule has 38 heavy (non-hydrogen) atoms. The van der Waals surface area contributed by atoms with Crippen LogP contribution in [0.2, 0.25) is 0 Å². The molecular weight excluding hydrogens is 502 g/mol. The Balaban J connectivity index is 1.45. The van der Waals surface area contributed by atoms with Gasteiger partial charge in [-0.1, -0.05) is 0 Å². The number of hydrogen-bond donors (Lipinski definition) is 0. The monoisotopic (exact) mass is 527 g/mol. The zero-order chi connectivity index (χ0) is 26.8. The average molecular weight is 528 g/mol. The van der Waals surface area contributed by atoms with Crippen LogP contribution in [0.3, 0.4) is 0 Å². The van der Waals surface area contributed by atoms with Gasteiger partial charge in [-0.05, 0) is 56.9 Å². The van der Waals surface area contributed by atoms with Crippen molar-refractivity contribution in [3.8, 4) is 11.3 Å². The third-order valence-electron chi connectivity index (χ3n) is 7.47. The van der Waals surface area contributed by atoms with E-state index in [0.717, 1.165) is 30.5 Å². The minimum absolute atomic E-state index is 0.0987. The summed E-state index contributed by atoms with van der Waals surface area (Å²) < 4.78 is 64.1. The van der Waals surface area contributed by atoms with Gasteiger partial charge in [0.25, 0.3) is 5.56 Å². The fourth-order valence-corrected chi connectivity index (χ4v) is 5.00. The molecule has 7 nitrogen and oxygen atoms in total. The number of pyridine rings is 1. The van der Waals surface area contributed by atoms with Gasteiger partial charge in [0.05, 0.1) is 29.6 Å². The lowest BCUT2D eigenvalue weighted by Gasteiger charge is -2.28. The van der Waals surface area contributed by atoms with Gasteiger partial charge in [-0.2, -0.15) is 18.3 Å². The Bertz CT molecular complexity index is 1610. The summed E-state index contributed by atoms with van der Waals surface area (Å²) in [6, 6.07) is 4.44. The molecule has 2 aliphatic rings. The maximum absolute atomic E-state index is 15.1. The first-order valence-corrected chi connectivity index (χ1v) is 12.5. The molecule has 1 aliphatic heterocycles. The second kappa shape index (κ2) is 9.00. The summed E-state index contributed by atoms with van der Waals surface area (Å²) >= 11 is 0. The van der Waals surface area contributed by atoms with Gasteiger partial charge in [0.2, 0.25) is 0 Å². The Kier molecular flexibility index (Phi) is 5.86. The van der Waals surface area contributed by atoms with Crippen molar-refractivity contribution in [2.24, 2.45) is 7.05 Å². The largest absolute Gasteiger partial charge is 0.416 e. The van der Waals surface area contributed by atoms with Gasteiger partial charge in [0, 0.05) is 48.0 Å². The second-order valence-electron chi connectivity index (χ2n) is 10.1. The summed E-state index contributed by atoms with van der Waals surface area (Å²) in [4.78, 5) is 22.5. The van der Waals surface area contributed by atoms with Crippen molar-refractivity contribution in [2.45, 2.75) is 56.8 Å². The van der Waals surface area contributed by atoms with E-state index < -0.39 is 17.6 Å². The van der Waals surface area contributed by atoms with E-state index >= 15 is 4.39 Å². The molecule has 1 aromatic carbocycles. The topological polar surface area (TPSA) is 74.8 Å². The van der Waals surface area contributed by atoms with Gasteiger partial charge in [-0.15, -0.1) is 0 Å². The summed E-state index contributed by atoms with van der Waals surface area (Å²) in [6.07, 6.45) is 2.20. The predicted molar refractivity (Wildman–Crippen MR) is 131 cm³/mol. The summed E-state index contributed by atoms with van der Waals surface area (Å²) in [5.74, 6) is -0.929. The number of fused-ring (bicyclic) bond motifs is 1. The Morgan fingerprint density at radius 3 is 2.61 bits per heavy atom. The van der Waals surface area contributed by atoms with E-state index in [1.807, 2.05) is 10.9 Å². The van der Waals surface area contributed by atoms with Crippen molar-refractivity contribution in [1.29, 1.82) is 0 Å². The molecule has 3 aromatic heterocycles. The van der Waals surface area contributed by atoms with Crippen molar-refractivity contribution in [2.75, 3.05) is 6.61 Å². The first kappa shape index (κ1) is 24.7. The molecule has 0 N–H and O–H groups in total. The van der Waals surface area contributed by atoms with Gasteiger partial charge in [0.1, 0.15) is 17.2 Å². The fourth-order valence-electron chi connectivity index (χ4n) is 5.00. The molecule has 1 saturated heterocycles. The van der Waals surface area contributed by atoms with E-state index in [2.05, 4.69) is 15.1 Å². The van der Waals surface area contributed by atoms with Crippen LogP contribution in [-0.2, 0) is 18.0 Å². The summed E-state index contributed by atoms with van der Waals surface area (Å²) in [5.41, 5.74) is 0.140. The van der Waals surface area contributed by atoms with Crippen LogP contribution in [0, 0.1) is 12.7 Å². The van der Waals surface area contributed by atoms with Crippen molar-refractivity contribution in [1.82, 2.24) is 24.3 Å². The number of ether oxygens (including phenoxy) is 1. The summed E-state index contributed by atoms with van der Waals surface area (Å²) in [7, 11) is 1.61. The molecule has 0 bridgehead atoms. The maximum atomic E-state index is 15.1. The molecule has 11 heteroatoms. The molecular formula is C27H25F4N5O2. The molecule has 0 radical (unpaired) electrons. The number of alkyl halides is 3. The normalized spacial score (nSPS) is 20.3. The Hall–Kier alpha value is -3.60. The minimum atomic E-state index is -4.69. The Morgan fingerprint density at radius 1 is 1.11 bits per heavy atom. The highest BCUT2D eigenvalue weighted by molar-refractivity contribution is 5.92. The van der Waals surface area contributed by atoms with Crippen LogP contribution in [0.1, 0.15) is 66.4 Å². The Labute approximate surface area is 215 Å². The summed E-state index contributed by atoms with van der Waals surface area (Å²) in [6.45, 7) is 2.15. The maximum Gasteiger partial charge on any atom is 0.416 e. The number of hydrogen-bond acceptors (Lipinski definition) is 5. The van der Waals surface area contributed by atoms with E-state index in [4.69, 9.17) is 4.74 Å². The molecule has 6 rings (SSSR count). The average Bonchev–Trinajstić information content (AvgIpc) is 3.63. The standard InChI is InChI=1S/C27H25F4N5O2/c1-14-9-20-23(19-6-3-17(11-21(19)28)27(29,30)31)33-25(34-24(20)26(37)35(14)2)15-7-8-38-22(10-15)16-12-32-36(13-16)18-4-5-18/h3,6,9,11-13,15,18,22H,4-5,7-8,10H2,1-2H3. The number of rotatable bonds is 4. The molecule has 2 unspecified atom stereocenters. The van der Waals surface area contributed by atoms with E-state index in [9.17, 15) is 18.0 Å².